The predicted octanol–water partition coefficient (Wildman–Crippen LogP) is 2.88. The van der Waals surface area contributed by atoms with Crippen molar-refractivity contribution < 1.29 is 14.6 Å². The van der Waals surface area contributed by atoms with E-state index in [1.807, 2.05) is 38.1 Å². The molecule has 0 aliphatic rings. The van der Waals surface area contributed by atoms with Gasteiger partial charge in [0.1, 0.15) is 18.1 Å². The SMILES string of the molecule is Cc1ccc(OCCn2c(C)ccc2C(=O)O)cc1. The molecule has 100 valence electrons. The quantitative estimate of drug-likeness (QED) is 0.898. The van der Waals surface area contributed by atoms with Crippen LogP contribution in [0.25, 0.3) is 0 Å². The normalized spacial score (nSPS) is 10.4. The lowest BCUT2D eigenvalue weighted by Gasteiger charge is -2.11. The second kappa shape index (κ2) is 5.61. The Hall–Kier alpha value is -2.23. The molecule has 2 aromatic rings. The molecule has 1 aromatic carbocycles. The van der Waals surface area contributed by atoms with Gasteiger partial charge in [0.25, 0.3) is 0 Å². The van der Waals surface area contributed by atoms with Crippen molar-refractivity contribution in [2.75, 3.05) is 6.61 Å². The van der Waals surface area contributed by atoms with Gasteiger partial charge in [-0.05, 0) is 38.1 Å². The van der Waals surface area contributed by atoms with Crippen molar-refractivity contribution in [2.45, 2.75) is 20.4 Å². The summed E-state index contributed by atoms with van der Waals surface area (Å²) in [5.74, 6) is -0.115. The van der Waals surface area contributed by atoms with Crippen molar-refractivity contribution in [2.24, 2.45) is 0 Å². The Balaban J connectivity index is 1.97. The molecule has 0 spiro atoms. The van der Waals surface area contributed by atoms with Crippen LogP contribution in [-0.4, -0.2) is 22.2 Å². The second-order valence-corrected chi connectivity index (χ2v) is 4.48. The molecule has 0 saturated carbocycles. The van der Waals surface area contributed by atoms with E-state index >= 15 is 0 Å². The summed E-state index contributed by atoms with van der Waals surface area (Å²) in [6, 6.07) is 11.2. The van der Waals surface area contributed by atoms with Gasteiger partial charge in [-0.25, -0.2) is 4.79 Å². The average Bonchev–Trinajstić information content (AvgIpc) is 2.74. The first-order valence-corrected chi connectivity index (χ1v) is 6.17. The number of nitrogens with zero attached hydrogens (tertiary/aromatic N) is 1. The molecule has 0 fully saturated rings. The summed E-state index contributed by atoms with van der Waals surface area (Å²) in [4.78, 5) is 11.0. The van der Waals surface area contributed by atoms with Crippen molar-refractivity contribution >= 4 is 5.97 Å². The molecule has 1 heterocycles. The number of carboxylic acid groups (broad SMARTS) is 1. The van der Waals surface area contributed by atoms with E-state index in [4.69, 9.17) is 9.84 Å². The number of hydrogen-bond acceptors (Lipinski definition) is 2. The molecule has 0 aliphatic carbocycles. The van der Waals surface area contributed by atoms with Crippen LogP contribution in [0.3, 0.4) is 0 Å². The first-order valence-electron chi connectivity index (χ1n) is 6.17. The van der Waals surface area contributed by atoms with E-state index in [9.17, 15) is 4.79 Å². The molecule has 0 aliphatic heterocycles. The number of aryl methyl sites for hydroxylation is 2. The zero-order valence-corrected chi connectivity index (χ0v) is 11.1. The standard InChI is InChI=1S/C15H17NO3/c1-11-3-6-13(7-4-11)19-10-9-16-12(2)5-8-14(16)15(17)18/h3-8H,9-10H2,1-2H3,(H,17,18). The number of carbonyl (C=O) groups is 1. The van der Waals surface area contributed by atoms with Crippen molar-refractivity contribution in [1.82, 2.24) is 4.57 Å². The van der Waals surface area contributed by atoms with Crippen LogP contribution in [0.2, 0.25) is 0 Å². The molecule has 1 N–H and O–H groups in total. The Morgan fingerprint density at radius 1 is 1.16 bits per heavy atom. The van der Waals surface area contributed by atoms with Gasteiger partial charge in [-0.3, -0.25) is 0 Å². The maximum absolute atomic E-state index is 11.0. The van der Waals surface area contributed by atoms with Gasteiger partial charge in [-0.1, -0.05) is 17.7 Å². The van der Waals surface area contributed by atoms with E-state index in [2.05, 4.69) is 0 Å². The van der Waals surface area contributed by atoms with E-state index in [0.717, 1.165) is 11.4 Å². The van der Waals surface area contributed by atoms with Gasteiger partial charge >= 0.3 is 5.97 Å². The Bertz CT molecular complexity index is 570. The lowest BCUT2D eigenvalue weighted by molar-refractivity contribution is 0.0683. The number of hydrogen-bond donors (Lipinski definition) is 1. The second-order valence-electron chi connectivity index (χ2n) is 4.48. The highest BCUT2D eigenvalue weighted by Gasteiger charge is 2.11. The third kappa shape index (κ3) is 3.16. The minimum atomic E-state index is -0.913. The Labute approximate surface area is 112 Å². The van der Waals surface area contributed by atoms with Crippen molar-refractivity contribution in [3.8, 4) is 5.75 Å². The van der Waals surface area contributed by atoms with Crippen LogP contribution in [0.4, 0.5) is 0 Å². The monoisotopic (exact) mass is 259 g/mol. The number of benzene rings is 1. The molecule has 0 unspecified atom stereocenters. The molecule has 4 heteroatoms. The number of rotatable bonds is 5. The summed E-state index contributed by atoms with van der Waals surface area (Å²) in [5, 5.41) is 9.06. The van der Waals surface area contributed by atoms with Gasteiger partial charge in [-0.15, -0.1) is 0 Å². The third-order valence-corrected chi connectivity index (χ3v) is 3.02. The topological polar surface area (TPSA) is 51.5 Å². The number of ether oxygens (including phenoxy) is 1. The average molecular weight is 259 g/mol. The van der Waals surface area contributed by atoms with Gasteiger partial charge < -0.3 is 14.4 Å². The van der Waals surface area contributed by atoms with Crippen LogP contribution in [0.5, 0.6) is 5.75 Å². The largest absolute Gasteiger partial charge is 0.492 e. The van der Waals surface area contributed by atoms with Crippen LogP contribution in [0.1, 0.15) is 21.7 Å². The lowest BCUT2D eigenvalue weighted by atomic mass is 10.2. The smallest absolute Gasteiger partial charge is 0.352 e. The Morgan fingerprint density at radius 3 is 2.47 bits per heavy atom. The maximum atomic E-state index is 11.0. The summed E-state index contributed by atoms with van der Waals surface area (Å²) in [6.45, 7) is 4.87. The Morgan fingerprint density at radius 2 is 1.84 bits per heavy atom. The maximum Gasteiger partial charge on any atom is 0.352 e. The molecule has 2 rings (SSSR count). The van der Waals surface area contributed by atoms with Gasteiger partial charge in [0.05, 0.1) is 6.54 Å². The summed E-state index contributed by atoms with van der Waals surface area (Å²) >= 11 is 0. The zero-order chi connectivity index (χ0) is 13.8. The number of aromatic carboxylic acids is 1. The molecule has 0 saturated heterocycles. The summed E-state index contributed by atoms with van der Waals surface area (Å²) in [7, 11) is 0. The summed E-state index contributed by atoms with van der Waals surface area (Å²) in [5.41, 5.74) is 2.40. The number of carboxylic acids is 1. The van der Waals surface area contributed by atoms with Crippen LogP contribution in [0.15, 0.2) is 36.4 Å². The molecule has 0 bridgehead atoms. The highest BCUT2D eigenvalue weighted by molar-refractivity contribution is 5.86. The van der Waals surface area contributed by atoms with E-state index < -0.39 is 5.97 Å². The summed E-state index contributed by atoms with van der Waals surface area (Å²) in [6.07, 6.45) is 0. The molecule has 0 radical (unpaired) electrons. The Kier molecular flexibility index (Phi) is 3.90. The molecule has 1 aromatic heterocycles. The molecule has 0 atom stereocenters. The van der Waals surface area contributed by atoms with E-state index in [0.29, 0.717) is 18.8 Å². The van der Waals surface area contributed by atoms with Crippen molar-refractivity contribution in [3.63, 3.8) is 0 Å². The first-order chi connectivity index (χ1) is 9.08. The fourth-order valence-corrected chi connectivity index (χ4v) is 1.94. The predicted molar refractivity (Wildman–Crippen MR) is 72.8 cm³/mol. The lowest BCUT2D eigenvalue weighted by Crippen LogP contribution is -2.14. The fourth-order valence-electron chi connectivity index (χ4n) is 1.94. The fraction of sp³-hybridized carbons (Fsp3) is 0.267. The van der Waals surface area contributed by atoms with E-state index in [1.165, 1.54) is 5.56 Å². The molecule has 0 amide bonds. The highest BCUT2D eigenvalue weighted by Crippen LogP contribution is 2.13. The molecular formula is C15H17NO3. The minimum absolute atomic E-state index is 0.296. The number of aromatic nitrogens is 1. The minimum Gasteiger partial charge on any atom is -0.492 e. The molecule has 19 heavy (non-hydrogen) atoms. The van der Waals surface area contributed by atoms with Crippen LogP contribution >= 0.6 is 0 Å². The first kappa shape index (κ1) is 13.2. The van der Waals surface area contributed by atoms with Crippen LogP contribution < -0.4 is 4.74 Å². The van der Waals surface area contributed by atoms with Gasteiger partial charge in [-0.2, -0.15) is 0 Å². The van der Waals surface area contributed by atoms with Gasteiger partial charge in [0, 0.05) is 5.69 Å². The van der Waals surface area contributed by atoms with Gasteiger partial charge in [0.2, 0.25) is 0 Å². The van der Waals surface area contributed by atoms with E-state index in [1.54, 1.807) is 16.7 Å². The highest BCUT2D eigenvalue weighted by atomic mass is 16.5. The molecular weight excluding hydrogens is 242 g/mol. The third-order valence-electron chi connectivity index (χ3n) is 3.02. The van der Waals surface area contributed by atoms with Gasteiger partial charge in [0.15, 0.2) is 0 Å². The van der Waals surface area contributed by atoms with Crippen LogP contribution in [-0.2, 0) is 6.54 Å². The zero-order valence-electron chi connectivity index (χ0n) is 11.1. The van der Waals surface area contributed by atoms with Crippen LogP contribution in [0, 0.1) is 13.8 Å². The van der Waals surface area contributed by atoms with Crippen molar-refractivity contribution in [3.05, 3.63) is 53.3 Å². The summed E-state index contributed by atoms with van der Waals surface area (Å²) < 4.78 is 7.36. The van der Waals surface area contributed by atoms with Crippen molar-refractivity contribution in [1.29, 1.82) is 0 Å². The molecule has 4 nitrogen and oxygen atoms in total. The van der Waals surface area contributed by atoms with E-state index in [-0.39, 0.29) is 0 Å².